The summed E-state index contributed by atoms with van der Waals surface area (Å²) in [6.45, 7) is 0.906. The third kappa shape index (κ3) is 2.30. The number of thiazole rings is 1. The number of fused-ring (bicyclic) bond motifs is 2. The summed E-state index contributed by atoms with van der Waals surface area (Å²) in [5.41, 5.74) is 1.44. The summed E-state index contributed by atoms with van der Waals surface area (Å²) >= 11 is 1.52. The molecule has 0 radical (unpaired) electrons. The Bertz CT molecular complexity index is 889. The van der Waals surface area contributed by atoms with E-state index >= 15 is 0 Å². The summed E-state index contributed by atoms with van der Waals surface area (Å²) in [7, 11) is 0. The summed E-state index contributed by atoms with van der Waals surface area (Å²) in [6, 6.07) is 7.69. The fourth-order valence-corrected chi connectivity index (χ4v) is 4.96. The van der Waals surface area contributed by atoms with Crippen molar-refractivity contribution < 1.29 is 19.1 Å². The van der Waals surface area contributed by atoms with Crippen molar-refractivity contribution in [2.75, 3.05) is 6.61 Å². The number of ether oxygens (including phenoxy) is 2. The van der Waals surface area contributed by atoms with Gasteiger partial charge < -0.3 is 9.47 Å². The van der Waals surface area contributed by atoms with Crippen molar-refractivity contribution in [2.24, 2.45) is 0 Å². The highest BCUT2D eigenvalue weighted by Gasteiger charge is 2.57. The Balaban J connectivity index is 1.39. The van der Waals surface area contributed by atoms with E-state index in [0.29, 0.717) is 12.1 Å². The molecule has 5 rings (SSSR count). The lowest BCUT2D eigenvalue weighted by molar-refractivity contribution is -0.137. The fourth-order valence-electron chi connectivity index (χ4n) is 4.07. The predicted molar refractivity (Wildman–Crippen MR) is 93.5 cm³/mol. The maximum atomic E-state index is 13.1. The van der Waals surface area contributed by atoms with E-state index in [1.165, 1.54) is 16.2 Å². The van der Waals surface area contributed by atoms with Crippen molar-refractivity contribution in [3.63, 3.8) is 0 Å². The summed E-state index contributed by atoms with van der Waals surface area (Å²) in [5.74, 6) is -0.279. The first-order valence-electron chi connectivity index (χ1n) is 8.86. The third-order valence-electron chi connectivity index (χ3n) is 5.37. The van der Waals surface area contributed by atoms with Gasteiger partial charge in [0, 0.05) is 24.0 Å². The zero-order chi connectivity index (χ0) is 17.7. The van der Waals surface area contributed by atoms with E-state index < -0.39 is 11.7 Å². The molecule has 0 unspecified atom stereocenters. The predicted octanol–water partition coefficient (Wildman–Crippen LogP) is 3.32. The second-order valence-electron chi connectivity index (χ2n) is 6.92. The fraction of sp³-hybridized carbons (Fsp3) is 0.421. The molecular formula is C19H18N2O4S. The van der Waals surface area contributed by atoms with E-state index in [4.69, 9.17) is 9.47 Å². The molecule has 1 aromatic carbocycles. The summed E-state index contributed by atoms with van der Waals surface area (Å²) in [4.78, 5) is 31.3. The number of benzene rings is 1. The largest absolute Gasteiger partial charge is 0.427 e. The van der Waals surface area contributed by atoms with Crippen molar-refractivity contribution in [3.05, 3.63) is 51.5 Å². The van der Waals surface area contributed by atoms with Crippen molar-refractivity contribution in [2.45, 2.75) is 43.9 Å². The Morgan fingerprint density at radius 3 is 3.04 bits per heavy atom. The lowest BCUT2D eigenvalue weighted by Crippen LogP contribution is -2.37. The molecule has 0 saturated carbocycles. The number of rotatable bonds is 3. The average Bonchev–Trinajstić information content (AvgIpc) is 3.41. The topological polar surface area (TPSA) is 68.7 Å². The van der Waals surface area contributed by atoms with Crippen LogP contribution in [0.2, 0.25) is 0 Å². The first-order valence-corrected chi connectivity index (χ1v) is 9.74. The van der Waals surface area contributed by atoms with Crippen molar-refractivity contribution in [1.29, 1.82) is 0 Å². The zero-order valence-corrected chi connectivity index (χ0v) is 15.0. The summed E-state index contributed by atoms with van der Waals surface area (Å²) in [5, 5.41) is 2.81. The van der Waals surface area contributed by atoms with Crippen LogP contribution in [0.5, 0.6) is 0 Å². The molecule has 1 aliphatic carbocycles. The van der Waals surface area contributed by atoms with Gasteiger partial charge in [0.15, 0.2) is 0 Å². The normalized spacial score (nSPS) is 27.4. The average molecular weight is 370 g/mol. The maximum Gasteiger partial charge on any atom is 0.418 e. The molecule has 0 N–H and O–H groups in total. The Kier molecular flexibility index (Phi) is 3.62. The van der Waals surface area contributed by atoms with Gasteiger partial charge in [-0.2, -0.15) is 0 Å². The number of imide groups is 1. The Hall–Kier alpha value is -2.25. The van der Waals surface area contributed by atoms with Gasteiger partial charge in [0.25, 0.3) is 5.91 Å². The molecule has 2 amide bonds. The van der Waals surface area contributed by atoms with Gasteiger partial charge in [0.2, 0.25) is 5.60 Å². The van der Waals surface area contributed by atoms with Crippen LogP contribution >= 0.6 is 11.3 Å². The molecule has 2 atom stereocenters. The van der Waals surface area contributed by atoms with Crippen LogP contribution < -0.4 is 0 Å². The molecule has 2 aliphatic heterocycles. The van der Waals surface area contributed by atoms with E-state index in [1.807, 2.05) is 29.6 Å². The van der Waals surface area contributed by atoms with E-state index in [9.17, 15) is 9.59 Å². The van der Waals surface area contributed by atoms with Gasteiger partial charge in [-0.1, -0.05) is 24.3 Å². The van der Waals surface area contributed by atoms with Crippen LogP contribution in [0.3, 0.4) is 0 Å². The number of aromatic nitrogens is 1. The van der Waals surface area contributed by atoms with Gasteiger partial charge in [0.05, 0.1) is 12.2 Å². The zero-order valence-electron chi connectivity index (χ0n) is 14.1. The molecule has 26 heavy (non-hydrogen) atoms. The van der Waals surface area contributed by atoms with Crippen molar-refractivity contribution >= 4 is 23.3 Å². The highest BCUT2D eigenvalue weighted by molar-refractivity contribution is 7.09. The first kappa shape index (κ1) is 16.0. The Labute approximate surface area is 154 Å². The maximum absolute atomic E-state index is 13.1. The molecule has 1 spiro atoms. The van der Waals surface area contributed by atoms with E-state index in [2.05, 4.69) is 4.98 Å². The minimum atomic E-state index is -1.15. The molecule has 3 heterocycles. The number of carbonyl (C=O) groups excluding carboxylic acids is 2. The smallest absolute Gasteiger partial charge is 0.418 e. The number of aryl methyl sites for hydroxylation is 1. The van der Waals surface area contributed by atoms with Crippen LogP contribution in [0.4, 0.5) is 4.79 Å². The highest BCUT2D eigenvalue weighted by Crippen LogP contribution is 2.45. The van der Waals surface area contributed by atoms with Gasteiger partial charge in [-0.3, -0.25) is 4.79 Å². The number of nitrogens with zero attached hydrogens (tertiary/aromatic N) is 2. The summed E-state index contributed by atoms with van der Waals surface area (Å²) < 4.78 is 11.3. The minimum Gasteiger partial charge on any atom is -0.427 e. The van der Waals surface area contributed by atoms with Gasteiger partial charge in [-0.25, -0.2) is 14.7 Å². The van der Waals surface area contributed by atoms with Crippen LogP contribution in [-0.2, 0) is 32.8 Å². The molecule has 2 fully saturated rings. The lowest BCUT2D eigenvalue weighted by Gasteiger charge is -2.20. The monoisotopic (exact) mass is 370 g/mol. The van der Waals surface area contributed by atoms with Crippen molar-refractivity contribution in [1.82, 2.24) is 9.88 Å². The standard InChI is InChI=1S/C19H18N2O4S/c22-17-19(8-7-12-4-1-2-5-14(12)19)25-18(23)21(17)10-13-11-26-16(20-13)15-6-3-9-24-15/h1-2,4-5,11,15H,3,6-10H2/t15-,19-/m0/s1. The van der Waals surface area contributed by atoms with Crippen LogP contribution in [0.15, 0.2) is 29.6 Å². The SMILES string of the molecule is O=C1O[C@]2(CCc3ccccc32)C(=O)N1Cc1csc([C@@H]2CCCO2)n1. The Morgan fingerprint density at radius 1 is 1.31 bits per heavy atom. The third-order valence-corrected chi connectivity index (χ3v) is 6.35. The van der Waals surface area contributed by atoms with E-state index in [1.54, 1.807) is 0 Å². The highest BCUT2D eigenvalue weighted by atomic mass is 32.1. The molecule has 134 valence electrons. The molecular weight excluding hydrogens is 352 g/mol. The van der Waals surface area contributed by atoms with E-state index in [-0.39, 0.29) is 18.6 Å². The lowest BCUT2D eigenvalue weighted by atomic mass is 9.95. The van der Waals surface area contributed by atoms with Crippen molar-refractivity contribution in [3.8, 4) is 0 Å². The molecule has 2 aromatic rings. The van der Waals surface area contributed by atoms with Gasteiger partial charge >= 0.3 is 6.09 Å². The number of carbonyl (C=O) groups is 2. The quantitative estimate of drug-likeness (QED) is 0.829. The number of amides is 2. The molecule has 6 nitrogen and oxygen atoms in total. The van der Waals surface area contributed by atoms with E-state index in [0.717, 1.165) is 42.0 Å². The van der Waals surface area contributed by atoms with Crippen LogP contribution in [0, 0.1) is 0 Å². The van der Waals surface area contributed by atoms with Crippen LogP contribution in [-0.4, -0.2) is 28.5 Å². The molecule has 1 aromatic heterocycles. The second kappa shape index (κ2) is 5.89. The van der Waals surface area contributed by atoms with Crippen LogP contribution in [0.25, 0.3) is 0 Å². The number of hydrogen-bond acceptors (Lipinski definition) is 6. The van der Waals surface area contributed by atoms with Gasteiger partial charge in [-0.15, -0.1) is 11.3 Å². The minimum absolute atomic E-state index is 0.0445. The molecule has 0 bridgehead atoms. The van der Waals surface area contributed by atoms with Gasteiger partial charge in [0.1, 0.15) is 11.1 Å². The Morgan fingerprint density at radius 2 is 2.19 bits per heavy atom. The molecule has 2 saturated heterocycles. The summed E-state index contributed by atoms with van der Waals surface area (Å²) in [6.07, 6.45) is 2.71. The molecule has 3 aliphatic rings. The van der Waals surface area contributed by atoms with Crippen LogP contribution in [0.1, 0.15) is 47.2 Å². The van der Waals surface area contributed by atoms with Gasteiger partial charge in [-0.05, 0) is 24.8 Å². The second-order valence-corrected chi connectivity index (χ2v) is 7.81. The number of hydrogen-bond donors (Lipinski definition) is 0. The first-order chi connectivity index (χ1) is 12.7. The molecule has 7 heteroatoms.